The normalized spacial score (nSPS) is 33.8. The first-order valence-electron chi connectivity index (χ1n) is 21.1. The van der Waals surface area contributed by atoms with Crippen LogP contribution < -0.4 is 32.3 Å². The van der Waals surface area contributed by atoms with Crippen molar-refractivity contribution < 1.29 is 28.5 Å². The Bertz CT molecular complexity index is 2610. The van der Waals surface area contributed by atoms with E-state index in [1.807, 2.05) is 19.2 Å². The molecule has 7 unspecified atom stereocenters. The molecule has 6 bridgehead atoms. The topological polar surface area (TPSA) is 195 Å². The first-order valence-corrected chi connectivity index (χ1v) is 23.6. The van der Waals surface area contributed by atoms with Gasteiger partial charge in [0.2, 0.25) is 0 Å². The quantitative estimate of drug-likeness (QED) is 0.0756. The lowest BCUT2D eigenvalue weighted by Gasteiger charge is -2.48. The number of epoxide rings is 1. The van der Waals surface area contributed by atoms with Crippen LogP contribution in [0, 0.1) is 18.8 Å². The van der Waals surface area contributed by atoms with E-state index < -0.39 is 23.2 Å². The molecule has 10 heterocycles. The number of ether oxygens (including phenoxy) is 3. The molecule has 8 N–H and O–H groups in total. The van der Waals surface area contributed by atoms with Crippen molar-refractivity contribution in [2.24, 2.45) is 23.3 Å². The third kappa shape index (κ3) is 6.16. The Balaban J connectivity index is 0.965. The van der Waals surface area contributed by atoms with Gasteiger partial charge in [0, 0.05) is 83.6 Å². The summed E-state index contributed by atoms with van der Waals surface area (Å²) in [6.45, 7) is 4.43. The number of carbonyl (C=O) groups is 1. The highest BCUT2D eigenvalue weighted by Crippen LogP contribution is 2.60. The van der Waals surface area contributed by atoms with Crippen molar-refractivity contribution in [1.82, 2.24) is 20.2 Å². The number of benzene rings is 1. The van der Waals surface area contributed by atoms with Crippen LogP contribution in [0.3, 0.4) is 0 Å². The summed E-state index contributed by atoms with van der Waals surface area (Å²) in [5.74, 6) is 2.66. The van der Waals surface area contributed by atoms with Gasteiger partial charge in [0.15, 0.2) is 11.0 Å². The summed E-state index contributed by atoms with van der Waals surface area (Å²) in [6.07, 6.45) is 16.8. The maximum absolute atomic E-state index is 14.8. The number of phenols is 1. The van der Waals surface area contributed by atoms with Crippen LogP contribution in [-0.4, -0.2) is 67.6 Å². The maximum atomic E-state index is 14.8. The molecule has 8 aliphatic rings. The van der Waals surface area contributed by atoms with Crippen molar-refractivity contribution in [3.05, 3.63) is 105 Å². The maximum Gasteiger partial charge on any atom is 0.341 e. The van der Waals surface area contributed by atoms with Gasteiger partial charge in [0.1, 0.15) is 45.8 Å². The summed E-state index contributed by atoms with van der Waals surface area (Å²) < 4.78 is 28.5. The highest BCUT2D eigenvalue weighted by atomic mass is 33.1. The highest BCUT2D eigenvalue weighted by molar-refractivity contribution is 8.76. The largest absolute Gasteiger partial charge is 0.507 e. The smallest absolute Gasteiger partial charge is 0.341 e. The molecule has 13 nitrogen and oxygen atoms in total. The van der Waals surface area contributed by atoms with Gasteiger partial charge in [-0.25, -0.2) is 4.79 Å². The molecule has 4 aromatic rings. The van der Waals surface area contributed by atoms with E-state index in [2.05, 4.69) is 50.8 Å². The third-order valence-electron chi connectivity index (χ3n) is 14.2. The van der Waals surface area contributed by atoms with Gasteiger partial charge in [-0.05, 0) is 81.6 Å². The molecular weight excluding hydrogens is 801 g/mol. The molecule has 60 heavy (non-hydrogen) atoms. The number of carbonyl (C=O) groups excluding carboxylic acids is 1. The van der Waals surface area contributed by atoms with Crippen molar-refractivity contribution in [2.45, 2.75) is 107 Å². The number of nitrogens with two attached hydrogens (primary N) is 2. The number of phenolic OH excluding ortho intramolecular Hbond substituents is 1. The van der Waals surface area contributed by atoms with Crippen LogP contribution in [0.25, 0.3) is 21.9 Å². The van der Waals surface area contributed by atoms with Crippen molar-refractivity contribution >= 4 is 49.4 Å². The van der Waals surface area contributed by atoms with Gasteiger partial charge < -0.3 is 55.4 Å². The molecule has 12 rings (SSSR count). The first-order chi connectivity index (χ1) is 29.0. The second-order valence-corrected chi connectivity index (χ2v) is 20.5. The number of allylic oxidation sites excluding steroid dienone is 2. The molecule has 1 saturated carbocycles. The van der Waals surface area contributed by atoms with Crippen LogP contribution in [0.5, 0.6) is 11.5 Å². The molecule has 3 saturated heterocycles. The molecule has 1 aromatic carbocycles. The Kier molecular flexibility index (Phi) is 8.95. The number of fused-ring (bicyclic) bond motifs is 8. The standard InChI is InChI=1S/C45H50N6O7S2/c1-22-13-32(52)38-33(55-22)17-34-39(40(38)53)37-24-4-6-26(7-5-24)45-35(58-45)8-3-23-14-30(50-36(46)15-23)28-16-27(19-51-18-25-9-11-48-31(25)20-51)49-42(47)29(28)21-60-59-12-10-44(2,57-34)41(37)56-43(45)54/h9,11,13-18,20,24,26-27,30,35,37,41,48-50,53H,3-8,10,12,19,21,46-47H2,1-2H3. The number of hydrogen-bond acceptors (Lipinski definition) is 13. The van der Waals surface area contributed by atoms with E-state index in [0.29, 0.717) is 66.0 Å². The molecule has 7 atom stereocenters. The predicted octanol–water partition coefficient (Wildman–Crippen LogP) is 6.23. The fraction of sp³-hybridized carbons (Fsp3) is 0.467. The van der Waals surface area contributed by atoms with Gasteiger partial charge >= 0.3 is 5.97 Å². The number of rotatable bonds is 2. The Hall–Kier alpha value is -4.86. The summed E-state index contributed by atoms with van der Waals surface area (Å²) in [7, 11) is 3.44. The van der Waals surface area contributed by atoms with Crippen LogP contribution >= 0.6 is 21.6 Å². The minimum absolute atomic E-state index is 0.00644. The predicted molar refractivity (Wildman–Crippen MR) is 232 cm³/mol. The van der Waals surface area contributed by atoms with Crippen molar-refractivity contribution in [1.29, 1.82) is 0 Å². The van der Waals surface area contributed by atoms with Gasteiger partial charge in [0.05, 0.1) is 29.5 Å². The molecule has 0 amide bonds. The van der Waals surface area contributed by atoms with Crippen molar-refractivity contribution in [2.75, 3.05) is 11.5 Å². The van der Waals surface area contributed by atoms with E-state index in [1.165, 1.54) is 6.07 Å². The zero-order valence-corrected chi connectivity index (χ0v) is 35.3. The lowest BCUT2D eigenvalue weighted by atomic mass is 9.65. The molecule has 0 radical (unpaired) electrons. The number of hydrogen-bond donors (Lipinski definition) is 6. The average Bonchev–Trinajstić information content (AvgIpc) is 3.55. The fourth-order valence-corrected chi connectivity index (χ4v) is 13.6. The van der Waals surface area contributed by atoms with Crippen LogP contribution in [-0.2, 0) is 20.8 Å². The monoisotopic (exact) mass is 850 g/mol. The molecule has 7 aliphatic heterocycles. The van der Waals surface area contributed by atoms with Gasteiger partial charge in [-0.1, -0.05) is 33.7 Å². The molecule has 314 valence electrons. The zero-order valence-electron chi connectivity index (χ0n) is 33.6. The Morgan fingerprint density at radius 3 is 2.73 bits per heavy atom. The number of H-pyrrole nitrogens is 1. The number of dihydropyridines is 2. The Labute approximate surface area is 354 Å². The minimum atomic E-state index is -1.05. The first kappa shape index (κ1) is 38.1. The summed E-state index contributed by atoms with van der Waals surface area (Å²) >= 11 is 0. The number of esters is 1. The molecule has 3 aromatic heterocycles. The van der Waals surface area contributed by atoms with Crippen molar-refractivity contribution in [3.8, 4) is 11.5 Å². The summed E-state index contributed by atoms with van der Waals surface area (Å²) in [4.78, 5) is 31.5. The minimum Gasteiger partial charge on any atom is -0.507 e. The SMILES string of the molecule is Cc1cc(=O)c2c(O)c3c(cc2o1)OC1(C)CCSSCC2=C(N)NC(Cn4cc5cc[nH]c5c4)C=C2C2C=C(C=C(N)N2)CCC2OC24C(=O)OC1C3C1CCC4CC1. The van der Waals surface area contributed by atoms with E-state index in [-0.39, 0.29) is 58.1 Å². The van der Waals surface area contributed by atoms with Gasteiger partial charge in [0.25, 0.3) is 0 Å². The summed E-state index contributed by atoms with van der Waals surface area (Å²) in [6, 6.07) is 4.97. The fourth-order valence-electron chi connectivity index (χ4n) is 11.3. The van der Waals surface area contributed by atoms with Gasteiger partial charge in [-0.3, -0.25) is 4.79 Å². The van der Waals surface area contributed by atoms with E-state index >= 15 is 0 Å². The van der Waals surface area contributed by atoms with Crippen molar-refractivity contribution in [3.63, 3.8) is 0 Å². The lowest BCUT2D eigenvalue weighted by Crippen LogP contribution is -2.55. The number of nitrogens with zero attached hydrogens (tertiary/aromatic N) is 1. The second kappa shape index (κ2) is 14.1. The van der Waals surface area contributed by atoms with Gasteiger partial charge in [-0.15, -0.1) is 0 Å². The van der Waals surface area contributed by atoms with Crippen LogP contribution in [0.2, 0.25) is 0 Å². The van der Waals surface area contributed by atoms with Crippen LogP contribution in [0.1, 0.15) is 69.1 Å². The third-order valence-corrected chi connectivity index (χ3v) is 16.5. The van der Waals surface area contributed by atoms with E-state index in [0.717, 1.165) is 53.3 Å². The molecule has 1 aliphatic carbocycles. The lowest BCUT2D eigenvalue weighted by molar-refractivity contribution is -0.174. The van der Waals surface area contributed by atoms with Crippen LogP contribution in [0.15, 0.2) is 92.6 Å². The highest BCUT2D eigenvalue weighted by Gasteiger charge is 2.70. The summed E-state index contributed by atoms with van der Waals surface area (Å²) in [5.41, 5.74) is 16.3. The number of aryl methyl sites for hydroxylation is 1. The van der Waals surface area contributed by atoms with Gasteiger partial charge in [-0.2, -0.15) is 0 Å². The second-order valence-electron chi connectivity index (χ2n) is 17.9. The molecular formula is C45H50N6O7S2. The number of nitrogens with one attached hydrogen (secondary N) is 3. The van der Waals surface area contributed by atoms with Crippen LogP contribution in [0.4, 0.5) is 0 Å². The zero-order chi connectivity index (χ0) is 41.1. The number of aromatic nitrogens is 2. The Morgan fingerprint density at radius 2 is 1.90 bits per heavy atom. The Morgan fingerprint density at radius 1 is 1.05 bits per heavy atom. The molecule has 15 heteroatoms. The van der Waals surface area contributed by atoms with E-state index in [4.69, 9.17) is 30.1 Å². The average molecular weight is 851 g/mol. The number of aromatic hydroxyl groups is 1. The molecule has 4 fully saturated rings. The van der Waals surface area contributed by atoms with E-state index in [9.17, 15) is 14.7 Å². The summed E-state index contributed by atoms with van der Waals surface area (Å²) in [5, 5.41) is 20.4. The molecule has 1 spiro atoms. The van der Waals surface area contributed by atoms with E-state index in [1.54, 1.807) is 34.6 Å². The number of aromatic amines is 1.